The SMILES string of the molecule is COc1ccc(S(=O)(=O)N2CCOCC2)c(N=C=S)c1. The number of hydrogen-bond donors (Lipinski definition) is 0. The fourth-order valence-electron chi connectivity index (χ4n) is 1.90. The van der Waals surface area contributed by atoms with Gasteiger partial charge in [0, 0.05) is 19.2 Å². The Morgan fingerprint density at radius 1 is 1.40 bits per heavy atom. The average Bonchev–Trinajstić information content (AvgIpc) is 2.48. The van der Waals surface area contributed by atoms with Gasteiger partial charge in [-0.2, -0.15) is 9.30 Å². The minimum atomic E-state index is -3.62. The number of morpholine rings is 1. The third-order valence-electron chi connectivity index (χ3n) is 2.92. The summed E-state index contributed by atoms with van der Waals surface area (Å²) in [4.78, 5) is 3.92. The highest BCUT2D eigenvalue weighted by atomic mass is 32.2. The third-order valence-corrected chi connectivity index (χ3v) is 4.96. The maximum absolute atomic E-state index is 12.6. The Balaban J connectivity index is 2.47. The molecule has 6 nitrogen and oxygen atoms in total. The van der Waals surface area contributed by atoms with Crippen molar-refractivity contribution in [1.82, 2.24) is 4.31 Å². The molecular formula is C12H14N2O4S2. The van der Waals surface area contributed by atoms with E-state index in [-0.39, 0.29) is 10.6 Å². The maximum Gasteiger partial charge on any atom is 0.245 e. The van der Waals surface area contributed by atoms with E-state index in [1.54, 1.807) is 6.07 Å². The van der Waals surface area contributed by atoms with E-state index in [1.165, 1.54) is 23.5 Å². The molecule has 0 amide bonds. The molecule has 1 aliphatic rings. The van der Waals surface area contributed by atoms with Crippen LogP contribution in [0.2, 0.25) is 0 Å². The minimum Gasteiger partial charge on any atom is -0.497 e. The van der Waals surface area contributed by atoms with Crippen LogP contribution in [0.3, 0.4) is 0 Å². The number of benzene rings is 1. The van der Waals surface area contributed by atoms with Gasteiger partial charge in [0.2, 0.25) is 10.0 Å². The van der Waals surface area contributed by atoms with Crippen LogP contribution in [-0.4, -0.2) is 51.3 Å². The highest BCUT2D eigenvalue weighted by Gasteiger charge is 2.28. The summed E-state index contributed by atoms with van der Waals surface area (Å²) in [5.41, 5.74) is 0.228. The van der Waals surface area contributed by atoms with E-state index in [4.69, 9.17) is 9.47 Å². The number of hydrogen-bond acceptors (Lipinski definition) is 6. The number of aliphatic imine (C=N–C) groups is 1. The van der Waals surface area contributed by atoms with Crippen LogP contribution in [0, 0.1) is 0 Å². The van der Waals surface area contributed by atoms with Gasteiger partial charge in [0.25, 0.3) is 0 Å². The molecule has 20 heavy (non-hydrogen) atoms. The fourth-order valence-corrected chi connectivity index (χ4v) is 3.52. The second-order valence-electron chi connectivity index (χ2n) is 4.05. The first-order chi connectivity index (χ1) is 9.59. The number of isothiocyanates is 1. The molecule has 0 N–H and O–H groups in total. The van der Waals surface area contributed by atoms with Gasteiger partial charge in [0.1, 0.15) is 10.6 Å². The van der Waals surface area contributed by atoms with Crippen molar-refractivity contribution in [2.75, 3.05) is 33.4 Å². The number of methoxy groups -OCH3 is 1. The molecule has 2 rings (SSSR count). The Bertz CT molecular complexity index is 633. The van der Waals surface area contributed by atoms with Crippen molar-refractivity contribution in [1.29, 1.82) is 0 Å². The zero-order chi connectivity index (χ0) is 14.6. The number of nitrogens with zero attached hydrogens (tertiary/aromatic N) is 2. The molecule has 1 aromatic rings. The van der Waals surface area contributed by atoms with Gasteiger partial charge in [0.05, 0.1) is 31.2 Å². The number of thiocarbonyl (C=S) groups is 1. The van der Waals surface area contributed by atoms with Gasteiger partial charge in [-0.25, -0.2) is 8.42 Å². The van der Waals surface area contributed by atoms with E-state index in [1.807, 2.05) is 0 Å². The largest absolute Gasteiger partial charge is 0.497 e. The first-order valence-electron chi connectivity index (χ1n) is 5.93. The van der Waals surface area contributed by atoms with Crippen molar-refractivity contribution >= 4 is 33.1 Å². The molecule has 0 bridgehead atoms. The molecule has 0 radical (unpaired) electrons. The van der Waals surface area contributed by atoms with Gasteiger partial charge in [0.15, 0.2) is 0 Å². The van der Waals surface area contributed by atoms with Crippen molar-refractivity contribution < 1.29 is 17.9 Å². The Morgan fingerprint density at radius 2 is 2.10 bits per heavy atom. The first-order valence-corrected chi connectivity index (χ1v) is 7.78. The minimum absolute atomic E-state index is 0.0950. The average molecular weight is 314 g/mol. The van der Waals surface area contributed by atoms with Crippen LogP contribution in [0.4, 0.5) is 5.69 Å². The summed E-state index contributed by atoms with van der Waals surface area (Å²) in [7, 11) is -2.13. The van der Waals surface area contributed by atoms with Crippen molar-refractivity contribution in [2.24, 2.45) is 4.99 Å². The summed E-state index contributed by atoms with van der Waals surface area (Å²) in [6.07, 6.45) is 0. The van der Waals surface area contributed by atoms with E-state index >= 15 is 0 Å². The molecule has 1 fully saturated rings. The highest BCUT2D eigenvalue weighted by Crippen LogP contribution is 2.31. The summed E-state index contributed by atoms with van der Waals surface area (Å²) >= 11 is 4.57. The predicted octanol–water partition coefficient (Wildman–Crippen LogP) is 1.45. The van der Waals surface area contributed by atoms with E-state index < -0.39 is 10.0 Å². The lowest BCUT2D eigenvalue weighted by molar-refractivity contribution is 0.0730. The molecule has 0 aliphatic carbocycles. The standard InChI is InChI=1S/C12H14N2O4S2/c1-17-10-2-3-12(11(8-10)13-9-19)20(15,16)14-4-6-18-7-5-14/h2-3,8H,4-7H2,1H3. The van der Waals surface area contributed by atoms with Crippen molar-refractivity contribution in [2.45, 2.75) is 4.90 Å². The molecule has 0 unspecified atom stereocenters. The monoisotopic (exact) mass is 314 g/mol. The normalized spacial score (nSPS) is 16.4. The van der Waals surface area contributed by atoms with Gasteiger partial charge in [-0.3, -0.25) is 0 Å². The quantitative estimate of drug-likeness (QED) is 0.621. The molecule has 1 heterocycles. The Kier molecular flexibility index (Phi) is 4.85. The van der Waals surface area contributed by atoms with E-state index in [2.05, 4.69) is 22.4 Å². The van der Waals surface area contributed by atoms with Crippen LogP contribution in [0.5, 0.6) is 5.75 Å². The molecule has 0 atom stereocenters. The van der Waals surface area contributed by atoms with Crippen LogP contribution >= 0.6 is 12.2 Å². The maximum atomic E-state index is 12.6. The van der Waals surface area contributed by atoms with Crippen LogP contribution in [0.1, 0.15) is 0 Å². The second kappa shape index (κ2) is 6.43. The Morgan fingerprint density at radius 3 is 2.70 bits per heavy atom. The van der Waals surface area contributed by atoms with Gasteiger partial charge in [-0.05, 0) is 24.4 Å². The van der Waals surface area contributed by atoms with Crippen LogP contribution in [-0.2, 0) is 14.8 Å². The van der Waals surface area contributed by atoms with Gasteiger partial charge >= 0.3 is 0 Å². The van der Waals surface area contributed by atoms with Crippen LogP contribution < -0.4 is 4.74 Å². The molecule has 0 saturated carbocycles. The predicted molar refractivity (Wildman–Crippen MR) is 77.3 cm³/mol. The van der Waals surface area contributed by atoms with Crippen molar-refractivity contribution in [3.8, 4) is 5.75 Å². The molecule has 108 valence electrons. The summed E-state index contributed by atoms with van der Waals surface area (Å²) in [6.45, 7) is 1.44. The lowest BCUT2D eigenvalue weighted by atomic mass is 10.3. The smallest absolute Gasteiger partial charge is 0.245 e. The molecule has 1 aromatic carbocycles. The Hall–Kier alpha value is -1.31. The number of rotatable bonds is 4. The number of ether oxygens (including phenoxy) is 2. The summed E-state index contributed by atoms with van der Waals surface area (Å²) in [5, 5.41) is 2.20. The third kappa shape index (κ3) is 3.05. The molecular weight excluding hydrogens is 300 g/mol. The Labute approximate surface area is 123 Å². The summed E-state index contributed by atoms with van der Waals surface area (Å²) < 4.78 is 36.8. The molecule has 0 spiro atoms. The zero-order valence-electron chi connectivity index (χ0n) is 10.9. The lowest BCUT2D eigenvalue weighted by Gasteiger charge is -2.26. The second-order valence-corrected chi connectivity index (χ2v) is 6.14. The van der Waals surface area contributed by atoms with Crippen LogP contribution in [0.15, 0.2) is 28.1 Å². The van der Waals surface area contributed by atoms with Gasteiger partial charge in [-0.15, -0.1) is 0 Å². The van der Waals surface area contributed by atoms with E-state index in [9.17, 15) is 8.42 Å². The molecule has 1 saturated heterocycles. The van der Waals surface area contributed by atoms with Gasteiger partial charge in [-0.1, -0.05) is 0 Å². The molecule has 0 aromatic heterocycles. The first kappa shape index (κ1) is 15.1. The topological polar surface area (TPSA) is 68.2 Å². The molecule has 1 aliphatic heterocycles. The molecule has 8 heteroatoms. The fraction of sp³-hybridized carbons (Fsp3) is 0.417. The lowest BCUT2D eigenvalue weighted by Crippen LogP contribution is -2.40. The highest BCUT2D eigenvalue weighted by molar-refractivity contribution is 7.89. The summed E-state index contributed by atoms with van der Waals surface area (Å²) in [5.74, 6) is 0.509. The number of sulfonamides is 1. The van der Waals surface area contributed by atoms with E-state index in [0.717, 1.165) is 0 Å². The van der Waals surface area contributed by atoms with Gasteiger partial charge < -0.3 is 9.47 Å². The zero-order valence-corrected chi connectivity index (χ0v) is 12.5. The van der Waals surface area contributed by atoms with Crippen molar-refractivity contribution in [3.63, 3.8) is 0 Å². The van der Waals surface area contributed by atoms with E-state index in [0.29, 0.717) is 32.1 Å². The summed E-state index contributed by atoms with van der Waals surface area (Å²) in [6, 6.07) is 4.57. The van der Waals surface area contributed by atoms with Crippen LogP contribution in [0.25, 0.3) is 0 Å². The van der Waals surface area contributed by atoms with Crippen molar-refractivity contribution in [3.05, 3.63) is 18.2 Å².